The van der Waals surface area contributed by atoms with Gasteiger partial charge in [0.15, 0.2) is 6.10 Å². The van der Waals surface area contributed by atoms with Gasteiger partial charge in [0.25, 0.3) is 0 Å². The van der Waals surface area contributed by atoms with Gasteiger partial charge >= 0.3 is 19.5 Å². The van der Waals surface area contributed by atoms with Gasteiger partial charge in [-0.2, -0.15) is 0 Å². The normalized spacial score (nSPS) is 29.8. The lowest BCUT2D eigenvalue weighted by Crippen LogP contribution is -2.54. The molecule has 8 heteroatoms. The maximum absolute atomic E-state index is 14.1. The molecule has 4 fully saturated rings. The smallest absolute Gasteiger partial charge is 0.331 e. The lowest BCUT2D eigenvalue weighted by atomic mass is 9.44. The van der Waals surface area contributed by atoms with E-state index in [0.717, 1.165) is 81.5 Å². The molecule has 4 aliphatic carbocycles. The molecule has 1 N–H and O–H groups in total. The second-order valence-corrected chi connectivity index (χ2v) is 24.4. The van der Waals surface area contributed by atoms with Crippen molar-refractivity contribution in [2.45, 2.75) is 278 Å². The molecule has 63 heavy (non-hydrogen) atoms. The molecular formula is C55H101O7P. The lowest BCUT2D eigenvalue weighted by molar-refractivity contribution is -0.161. The Labute approximate surface area is 388 Å². The van der Waals surface area contributed by atoms with E-state index in [-0.39, 0.29) is 30.6 Å². The third-order valence-electron chi connectivity index (χ3n) is 17.7. The van der Waals surface area contributed by atoms with Crippen LogP contribution in [0.15, 0.2) is 0 Å². The van der Waals surface area contributed by atoms with Gasteiger partial charge in [0.2, 0.25) is 0 Å². The number of hydrogen-bond acceptors (Lipinski definition) is 6. The molecule has 0 aliphatic heterocycles. The van der Waals surface area contributed by atoms with Crippen LogP contribution in [-0.2, 0) is 28.2 Å². The molecule has 4 saturated carbocycles. The Morgan fingerprint density at radius 3 is 1.67 bits per heavy atom. The Balaban J connectivity index is 1.24. The fourth-order valence-electron chi connectivity index (χ4n) is 13.9. The van der Waals surface area contributed by atoms with E-state index in [1.54, 1.807) is 0 Å². The van der Waals surface area contributed by atoms with Crippen LogP contribution < -0.4 is 0 Å². The molecule has 0 amide bonds. The zero-order valence-electron chi connectivity index (χ0n) is 42.1. The Kier molecular flexibility index (Phi) is 25.2. The number of esters is 2. The first kappa shape index (κ1) is 54.7. The summed E-state index contributed by atoms with van der Waals surface area (Å²) in [6, 6.07) is 0. The van der Waals surface area contributed by atoms with Gasteiger partial charge in [-0.25, -0.2) is 0 Å². The Morgan fingerprint density at radius 1 is 0.603 bits per heavy atom. The first-order chi connectivity index (χ1) is 30.4. The van der Waals surface area contributed by atoms with Gasteiger partial charge in [-0.3, -0.25) is 14.2 Å². The molecule has 0 bridgehead atoms. The Hall–Kier alpha value is -0.910. The van der Waals surface area contributed by atoms with Gasteiger partial charge in [-0.1, -0.05) is 183 Å². The van der Waals surface area contributed by atoms with Crippen LogP contribution >= 0.6 is 7.60 Å². The number of carbonyl (C=O) groups is 2. The van der Waals surface area contributed by atoms with Crippen LogP contribution in [0.3, 0.4) is 0 Å². The van der Waals surface area contributed by atoms with Crippen molar-refractivity contribution in [1.29, 1.82) is 0 Å². The summed E-state index contributed by atoms with van der Waals surface area (Å²) >= 11 is 0. The summed E-state index contributed by atoms with van der Waals surface area (Å²) in [5, 5.41) is 0. The van der Waals surface area contributed by atoms with Gasteiger partial charge in [0.05, 0.1) is 12.3 Å². The van der Waals surface area contributed by atoms with Crippen molar-refractivity contribution in [3.63, 3.8) is 0 Å². The standard InChI is InChI=1S/C55H101O7P/c1-7-10-12-14-16-18-20-22-24-26-28-31-52(56)60-42-46(62-53(57)32-29-27-25-23-21-19-17-15-13-11-8-2)43-61-63(58,59)47-37-39-54(5)45(41-47)33-34-48-50-36-35-49(44(4)30-9-3)55(50,6)40-38-51(48)54/h44-51H,7-43H2,1-6H3,(H,58,59)/t44-,45?,46-,47?,48?,49-,50?,51?,54+,55-/m1/s1. The third kappa shape index (κ3) is 17.3. The maximum atomic E-state index is 14.1. The van der Waals surface area contributed by atoms with E-state index in [4.69, 9.17) is 14.0 Å². The second-order valence-electron chi connectivity index (χ2n) is 22.3. The third-order valence-corrected chi connectivity index (χ3v) is 19.7. The molecule has 368 valence electrons. The summed E-state index contributed by atoms with van der Waals surface area (Å²) in [6.07, 6.45) is 39.1. The summed E-state index contributed by atoms with van der Waals surface area (Å²) < 4.78 is 31.5. The van der Waals surface area contributed by atoms with Crippen LogP contribution in [-0.4, -0.2) is 41.8 Å². The van der Waals surface area contributed by atoms with E-state index >= 15 is 0 Å². The van der Waals surface area contributed by atoms with Gasteiger partial charge in [-0.15, -0.1) is 0 Å². The van der Waals surface area contributed by atoms with E-state index < -0.39 is 19.4 Å². The molecule has 7 nitrogen and oxygen atoms in total. The number of rotatable bonds is 34. The summed E-state index contributed by atoms with van der Waals surface area (Å²) in [5.41, 5.74) is 0.268. The molecule has 4 aliphatic rings. The summed E-state index contributed by atoms with van der Waals surface area (Å²) in [5.74, 6) is 3.76. The van der Waals surface area contributed by atoms with E-state index in [1.807, 2.05) is 0 Å². The van der Waals surface area contributed by atoms with E-state index in [9.17, 15) is 19.0 Å². The number of hydrogen-bond donors (Lipinski definition) is 1. The molecule has 0 aromatic rings. The molecule has 6 unspecified atom stereocenters. The highest BCUT2D eigenvalue weighted by Crippen LogP contribution is 2.70. The summed E-state index contributed by atoms with van der Waals surface area (Å²) in [6.45, 7) is 14.2. The molecular weight excluding hydrogens is 804 g/mol. The predicted octanol–water partition coefficient (Wildman–Crippen LogP) is 16.5. The first-order valence-electron chi connectivity index (χ1n) is 27.7. The van der Waals surface area contributed by atoms with Crippen molar-refractivity contribution in [3.05, 3.63) is 0 Å². The molecule has 4 rings (SSSR count). The number of ether oxygens (including phenoxy) is 2. The van der Waals surface area contributed by atoms with Crippen molar-refractivity contribution >= 4 is 19.5 Å². The predicted molar refractivity (Wildman–Crippen MR) is 262 cm³/mol. The van der Waals surface area contributed by atoms with Crippen LogP contribution in [0.5, 0.6) is 0 Å². The average molecular weight is 905 g/mol. The lowest BCUT2D eigenvalue weighted by Gasteiger charge is -2.61. The van der Waals surface area contributed by atoms with E-state index in [0.29, 0.717) is 36.5 Å². The Bertz CT molecular complexity index is 1320. The topological polar surface area (TPSA) is 99.1 Å². The van der Waals surface area contributed by atoms with E-state index in [2.05, 4.69) is 41.5 Å². The minimum Gasteiger partial charge on any atom is -0.462 e. The second kappa shape index (κ2) is 29.1. The van der Waals surface area contributed by atoms with Crippen molar-refractivity contribution < 1.29 is 33.0 Å². The van der Waals surface area contributed by atoms with Gasteiger partial charge in [0, 0.05) is 12.8 Å². The quantitative estimate of drug-likeness (QED) is 0.0390. The van der Waals surface area contributed by atoms with Crippen molar-refractivity contribution in [3.8, 4) is 0 Å². The SMILES string of the molecule is CCCCCCCCCCCCCC(=O)OC[C@H](COP(=O)(O)C1CC[C@@]2(C)C(CCC3C2CC[C@@]2(C)C3CC[C@@H]2[C@H](C)CCC)C1)OC(=O)CCCCCCCCCCCCC. The number of carbonyl (C=O) groups excluding carboxylic acids is 2. The highest BCUT2D eigenvalue weighted by Gasteiger charge is 2.61. The molecule has 0 aromatic heterocycles. The minimum atomic E-state index is -4.02. The first-order valence-corrected chi connectivity index (χ1v) is 29.4. The molecule has 0 aromatic carbocycles. The maximum Gasteiger partial charge on any atom is 0.331 e. The van der Waals surface area contributed by atoms with Gasteiger partial charge in [0.1, 0.15) is 6.61 Å². The van der Waals surface area contributed by atoms with Crippen LogP contribution in [0.4, 0.5) is 0 Å². The molecule has 0 heterocycles. The number of unbranched alkanes of at least 4 members (excludes halogenated alkanes) is 20. The highest BCUT2D eigenvalue weighted by atomic mass is 31.2. The van der Waals surface area contributed by atoms with Crippen molar-refractivity contribution in [2.75, 3.05) is 13.2 Å². The summed E-state index contributed by atoms with van der Waals surface area (Å²) in [7, 11) is -4.02. The Morgan fingerprint density at radius 2 is 1.11 bits per heavy atom. The van der Waals surface area contributed by atoms with Gasteiger partial charge in [-0.05, 0) is 117 Å². The summed E-state index contributed by atoms with van der Waals surface area (Å²) in [4.78, 5) is 37.5. The molecule has 0 saturated heterocycles. The van der Waals surface area contributed by atoms with Crippen LogP contribution in [0.2, 0.25) is 0 Å². The molecule has 11 atom stereocenters. The fraction of sp³-hybridized carbons (Fsp3) is 0.964. The average Bonchev–Trinajstić information content (AvgIpc) is 3.62. The van der Waals surface area contributed by atoms with Crippen molar-refractivity contribution in [2.24, 2.45) is 46.3 Å². The zero-order chi connectivity index (χ0) is 45.6. The molecule has 0 radical (unpaired) electrons. The number of fused-ring (bicyclic) bond motifs is 5. The van der Waals surface area contributed by atoms with Gasteiger partial charge < -0.3 is 18.9 Å². The monoisotopic (exact) mass is 905 g/mol. The molecule has 0 spiro atoms. The highest BCUT2D eigenvalue weighted by molar-refractivity contribution is 7.53. The van der Waals surface area contributed by atoms with E-state index in [1.165, 1.54) is 148 Å². The van der Waals surface area contributed by atoms with Crippen LogP contribution in [0.25, 0.3) is 0 Å². The largest absolute Gasteiger partial charge is 0.462 e. The fourth-order valence-corrected chi connectivity index (χ4v) is 15.5. The van der Waals surface area contributed by atoms with Crippen LogP contribution in [0.1, 0.15) is 266 Å². The minimum absolute atomic E-state index is 0.145. The zero-order valence-corrected chi connectivity index (χ0v) is 43.0. The van der Waals surface area contributed by atoms with Crippen LogP contribution in [0, 0.1) is 46.3 Å². The van der Waals surface area contributed by atoms with Crippen molar-refractivity contribution in [1.82, 2.24) is 0 Å².